The van der Waals surface area contributed by atoms with Gasteiger partial charge in [-0.05, 0) is 57.7 Å². The number of piperidine rings is 1. The predicted molar refractivity (Wildman–Crippen MR) is 97.0 cm³/mol. The van der Waals surface area contributed by atoms with Gasteiger partial charge in [-0.2, -0.15) is 0 Å². The average molecular weight is 325 g/mol. The standard InChI is InChI=1S/C18H36N4O/c1-16-6-11-22(12-7-16)10-5-4-9-20-18(19-2)21(3)14-17-8-13-23-15-17/h16-17H,4-15H2,1-3H3,(H,19,20). The highest BCUT2D eigenvalue weighted by Gasteiger charge is 2.19. The van der Waals surface area contributed by atoms with Gasteiger partial charge in [-0.15, -0.1) is 0 Å². The average Bonchev–Trinajstić information content (AvgIpc) is 3.05. The van der Waals surface area contributed by atoms with E-state index in [9.17, 15) is 0 Å². The molecule has 23 heavy (non-hydrogen) atoms. The molecule has 0 aromatic heterocycles. The molecule has 1 N–H and O–H groups in total. The summed E-state index contributed by atoms with van der Waals surface area (Å²) in [5.74, 6) is 2.60. The lowest BCUT2D eigenvalue weighted by atomic mass is 9.99. The highest BCUT2D eigenvalue weighted by atomic mass is 16.5. The van der Waals surface area contributed by atoms with Crippen molar-refractivity contribution >= 4 is 5.96 Å². The maximum atomic E-state index is 5.46. The van der Waals surface area contributed by atoms with Crippen LogP contribution in [0.1, 0.15) is 39.0 Å². The molecule has 2 aliphatic rings. The van der Waals surface area contributed by atoms with Crippen molar-refractivity contribution in [2.24, 2.45) is 16.8 Å². The zero-order valence-electron chi connectivity index (χ0n) is 15.4. The van der Waals surface area contributed by atoms with Gasteiger partial charge in [-0.3, -0.25) is 4.99 Å². The molecule has 134 valence electrons. The number of hydrogen-bond donors (Lipinski definition) is 1. The first-order valence-corrected chi connectivity index (χ1v) is 9.41. The van der Waals surface area contributed by atoms with Crippen LogP contribution in [0.15, 0.2) is 4.99 Å². The number of likely N-dealkylation sites (tertiary alicyclic amines) is 1. The first-order chi connectivity index (χ1) is 11.2. The fourth-order valence-corrected chi connectivity index (χ4v) is 3.53. The van der Waals surface area contributed by atoms with E-state index in [0.717, 1.165) is 38.2 Å². The normalized spacial score (nSPS) is 24.1. The quantitative estimate of drug-likeness (QED) is 0.442. The summed E-state index contributed by atoms with van der Waals surface area (Å²) in [7, 11) is 4.00. The number of hydrogen-bond acceptors (Lipinski definition) is 3. The molecule has 0 aromatic rings. The third-order valence-corrected chi connectivity index (χ3v) is 5.19. The lowest BCUT2D eigenvalue weighted by Crippen LogP contribution is -2.42. The molecule has 2 fully saturated rings. The molecule has 5 nitrogen and oxygen atoms in total. The molecule has 2 saturated heterocycles. The number of nitrogens with one attached hydrogen (secondary N) is 1. The van der Waals surface area contributed by atoms with Crippen LogP contribution in [-0.4, -0.2) is 75.8 Å². The van der Waals surface area contributed by atoms with Crippen LogP contribution in [0.4, 0.5) is 0 Å². The fourth-order valence-electron chi connectivity index (χ4n) is 3.53. The van der Waals surface area contributed by atoms with Crippen molar-refractivity contribution in [1.29, 1.82) is 0 Å². The monoisotopic (exact) mass is 324 g/mol. The van der Waals surface area contributed by atoms with Crippen LogP contribution < -0.4 is 5.32 Å². The van der Waals surface area contributed by atoms with E-state index < -0.39 is 0 Å². The Kier molecular flexibility index (Phi) is 8.17. The lowest BCUT2D eigenvalue weighted by Gasteiger charge is -2.30. The zero-order chi connectivity index (χ0) is 16.5. The van der Waals surface area contributed by atoms with Crippen LogP contribution in [0.25, 0.3) is 0 Å². The highest BCUT2D eigenvalue weighted by Crippen LogP contribution is 2.16. The molecule has 0 radical (unpaired) electrons. The van der Waals surface area contributed by atoms with Crippen molar-refractivity contribution in [2.45, 2.75) is 39.0 Å². The maximum Gasteiger partial charge on any atom is 0.193 e. The number of nitrogens with zero attached hydrogens (tertiary/aromatic N) is 3. The molecule has 0 spiro atoms. The molecule has 0 aromatic carbocycles. The molecule has 1 unspecified atom stereocenters. The Bertz CT molecular complexity index is 347. The molecule has 2 aliphatic heterocycles. The lowest BCUT2D eigenvalue weighted by molar-refractivity contribution is 0.181. The predicted octanol–water partition coefficient (Wildman–Crippen LogP) is 2.04. The van der Waals surface area contributed by atoms with E-state index in [4.69, 9.17) is 4.74 Å². The van der Waals surface area contributed by atoms with E-state index in [-0.39, 0.29) is 0 Å². The number of guanidine groups is 1. The summed E-state index contributed by atoms with van der Waals surface area (Å²) in [5, 5.41) is 3.50. The SMILES string of the molecule is CN=C(NCCCCN1CCC(C)CC1)N(C)CC1CCOC1. The fraction of sp³-hybridized carbons (Fsp3) is 0.944. The molecule has 2 rings (SSSR count). The van der Waals surface area contributed by atoms with Gasteiger partial charge in [0.25, 0.3) is 0 Å². The van der Waals surface area contributed by atoms with Gasteiger partial charge in [-0.25, -0.2) is 0 Å². The summed E-state index contributed by atoms with van der Waals surface area (Å²) < 4.78 is 5.46. The molecule has 0 aliphatic carbocycles. The second-order valence-electron chi connectivity index (χ2n) is 7.32. The Morgan fingerprint density at radius 2 is 2.04 bits per heavy atom. The van der Waals surface area contributed by atoms with Gasteiger partial charge in [0.15, 0.2) is 5.96 Å². The van der Waals surface area contributed by atoms with Crippen LogP contribution in [0.5, 0.6) is 0 Å². The van der Waals surface area contributed by atoms with Crippen LogP contribution in [0.3, 0.4) is 0 Å². The second-order valence-corrected chi connectivity index (χ2v) is 7.32. The van der Waals surface area contributed by atoms with Crippen molar-refractivity contribution in [2.75, 3.05) is 60.0 Å². The molecule has 0 saturated carbocycles. The van der Waals surface area contributed by atoms with Crippen molar-refractivity contribution < 1.29 is 4.74 Å². The topological polar surface area (TPSA) is 40.1 Å². The largest absolute Gasteiger partial charge is 0.381 e. The number of unbranched alkanes of at least 4 members (excludes halogenated alkanes) is 1. The van der Waals surface area contributed by atoms with Crippen LogP contribution in [0.2, 0.25) is 0 Å². The molecule has 0 bridgehead atoms. The smallest absolute Gasteiger partial charge is 0.193 e. The van der Waals surface area contributed by atoms with E-state index in [0.29, 0.717) is 5.92 Å². The Morgan fingerprint density at radius 3 is 2.70 bits per heavy atom. The minimum absolute atomic E-state index is 0.653. The summed E-state index contributed by atoms with van der Waals surface area (Å²) >= 11 is 0. The van der Waals surface area contributed by atoms with Gasteiger partial charge in [0.05, 0.1) is 6.61 Å². The second kappa shape index (κ2) is 10.1. The zero-order valence-corrected chi connectivity index (χ0v) is 15.4. The minimum atomic E-state index is 0.653. The molecule has 2 heterocycles. The van der Waals surface area contributed by atoms with E-state index in [2.05, 4.69) is 34.1 Å². The van der Waals surface area contributed by atoms with E-state index in [1.54, 1.807) is 0 Å². The third-order valence-electron chi connectivity index (χ3n) is 5.19. The first-order valence-electron chi connectivity index (χ1n) is 9.41. The van der Waals surface area contributed by atoms with Crippen LogP contribution in [-0.2, 0) is 4.74 Å². The van der Waals surface area contributed by atoms with Crippen molar-refractivity contribution in [3.05, 3.63) is 0 Å². The Hall–Kier alpha value is -0.810. The minimum Gasteiger partial charge on any atom is -0.381 e. The van der Waals surface area contributed by atoms with E-state index >= 15 is 0 Å². The number of ether oxygens (including phenoxy) is 1. The van der Waals surface area contributed by atoms with Gasteiger partial charge in [0.2, 0.25) is 0 Å². The summed E-state index contributed by atoms with van der Waals surface area (Å²) in [6.45, 7) is 10.1. The highest BCUT2D eigenvalue weighted by molar-refractivity contribution is 5.79. The van der Waals surface area contributed by atoms with Gasteiger partial charge >= 0.3 is 0 Å². The molecule has 1 atom stereocenters. The van der Waals surface area contributed by atoms with E-state index in [1.165, 1.54) is 51.7 Å². The van der Waals surface area contributed by atoms with Crippen LogP contribution in [0, 0.1) is 11.8 Å². The molecular weight excluding hydrogens is 288 g/mol. The van der Waals surface area contributed by atoms with Gasteiger partial charge in [0.1, 0.15) is 0 Å². The molecule has 0 amide bonds. The number of aliphatic imine (C=N–C) groups is 1. The Labute approximate surface area is 142 Å². The summed E-state index contributed by atoms with van der Waals surface area (Å²) in [5.41, 5.74) is 0. The first kappa shape index (κ1) is 18.5. The summed E-state index contributed by atoms with van der Waals surface area (Å²) in [6, 6.07) is 0. The van der Waals surface area contributed by atoms with E-state index in [1.807, 2.05) is 7.05 Å². The van der Waals surface area contributed by atoms with Crippen molar-refractivity contribution in [3.8, 4) is 0 Å². The summed E-state index contributed by atoms with van der Waals surface area (Å²) in [4.78, 5) is 9.27. The van der Waals surface area contributed by atoms with Gasteiger partial charge in [0, 0.05) is 39.7 Å². The maximum absolute atomic E-state index is 5.46. The molecule has 5 heteroatoms. The van der Waals surface area contributed by atoms with Crippen molar-refractivity contribution in [1.82, 2.24) is 15.1 Å². The molecular formula is C18H36N4O. The Balaban J connectivity index is 1.54. The number of rotatable bonds is 7. The third kappa shape index (κ3) is 6.68. The van der Waals surface area contributed by atoms with Crippen molar-refractivity contribution in [3.63, 3.8) is 0 Å². The van der Waals surface area contributed by atoms with Gasteiger partial charge in [-0.1, -0.05) is 6.92 Å². The summed E-state index contributed by atoms with van der Waals surface area (Å²) in [6.07, 6.45) is 6.42. The van der Waals surface area contributed by atoms with Gasteiger partial charge < -0.3 is 19.9 Å². The Morgan fingerprint density at radius 1 is 1.26 bits per heavy atom. The van der Waals surface area contributed by atoms with Crippen LogP contribution >= 0.6 is 0 Å².